The van der Waals surface area contributed by atoms with E-state index in [0.29, 0.717) is 35.0 Å². The van der Waals surface area contributed by atoms with Crippen LogP contribution in [0.5, 0.6) is 11.5 Å². The molecule has 2 N–H and O–H groups in total. The summed E-state index contributed by atoms with van der Waals surface area (Å²) in [6, 6.07) is 22.0. The van der Waals surface area contributed by atoms with Gasteiger partial charge in [0.15, 0.2) is 6.10 Å². The summed E-state index contributed by atoms with van der Waals surface area (Å²) in [6.07, 6.45) is -0.537. The van der Waals surface area contributed by atoms with Crippen LogP contribution in [-0.4, -0.2) is 17.9 Å². The summed E-state index contributed by atoms with van der Waals surface area (Å²) in [5, 5.41) is 5.59. The number of anilines is 2. The highest BCUT2D eigenvalue weighted by molar-refractivity contribution is 6.05. The summed E-state index contributed by atoms with van der Waals surface area (Å²) in [7, 11) is 0. The third-order valence-electron chi connectivity index (χ3n) is 4.53. The van der Waals surface area contributed by atoms with E-state index in [1.807, 2.05) is 30.3 Å². The fraction of sp³-hybridized carbons (Fsp3) is 0.130. The number of ether oxygens (including phenoxy) is 2. The van der Waals surface area contributed by atoms with Gasteiger partial charge in [0.25, 0.3) is 11.8 Å². The van der Waals surface area contributed by atoms with Crippen LogP contribution in [0.25, 0.3) is 0 Å². The fourth-order valence-electron chi connectivity index (χ4n) is 2.93. The van der Waals surface area contributed by atoms with Crippen molar-refractivity contribution < 1.29 is 19.1 Å². The van der Waals surface area contributed by atoms with E-state index in [4.69, 9.17) is 9.47 Å². The molecule has 0 aromatic heterocycles. The van der Waals surface area contributed by atoms with Gasteiger partial charge in [0.1, 0.15) is 18.1 Å². The first-order valence-electron chi connectivity index (χ1n) is 9.28. The van der Waals surface area contributed by atoms with Gasteiger partial charge in [0, 0.05) is 11.3 Å². The first-order chi connectivity index (χ1) is 14.1. The van der Waals surface area contributed by atoms with Crippen LogP contribution in [0.15, 0.2) is 72.8 Å². The number of hydrogen-bond acceptors (Lipinski definition) is 4. The first-order valence-corrected chi connectivity index (χ1v) is 9.28. The minimum absolute atomic E-state index is 0.216. The third kappa shape index (κ3) is 4.38. The van der Waals surface area contributed by atoms with Gasteiger partial charge < -0.3 is 20.1 Å². The molecule has 1 aliphatic rings. The molecule has 0 aliphatic carbocycles. The molecule has 29 heavy (non-hydrogen) atoms. The normalized spacial score (nSPS) is 14.9. The van der Waals surface area contributed by atoms with Gasteiger partial charge in [-0.3, -0.25) is 9.59 Å². The minimum Gasteiger partial charge on any atom is -0.489 e. The van der Waals surface area contributed by atoms with Crippen LogP contribution in [0, 0.1) is 0 Å². The quantitative estimate of drug-likeness (QED) is 0.686. The molecule has 3 aromatic carbocycles. The van der Waals surface area contributed by atoms with E-state index >= 15 is 0 Å². The molecule has 6 nitrogen and oxygen atoms in total. The molecular formula is C23H20N2O4. The Morgan fingerprint density at radius 1 is 1.07 bits per heavy atom. The SMILES string of the molecule is C[C@H]1Oc2ccc(NC(=O)c3ccc(OCc4ccccc4)cc3)cc2NC1=O. The molecule has 1 aliphatic heterocycles. The molecule has 0 fully saturated rings. The van der Waals surface area contributed by atoms with Gasteiger partial charge in [-0.1, -0.05) is 30.3 Å². The van der Waals surface area contributed by atoms with Crippen LogP contribution in [-0.2, 0) is 11.4 Å². The van der Waals surface area contributed by atoms with Gasteiger partial charge in [-0.05, 0) is 55.0 Å². The van der Waals surface area contributed by atoms with Crippen molar-refractivity contribution in [1.82, 2.24) is 0 Å². The standard InChI is InChI=1S/C23H20N2O4/c1-15-22(26)25-20-13-18(9-12-21(20)29-15)24-23(27)17-7-10-19(11-8-17)28-14-16-5-3-2-4-6-16/h2-13,15H,14H2,1H3,(H,24,27)(H,25,26)/t15-/m1/s1. The predicted molar refractivity (Wildman–Crippen MR) is 110 cm³/mol. The van der Waals surface area contributed by atoms with Crippen molar-refractivity contribution in [3.63, 3.8) is 0 Å². The summed E-state index contributed by atoms with van der Waals surface area (Å²) in [5.74, 6) is 0.797. The Morgan fingerprint density at radius 3 is 2.59 bits per heavy atom. The molecule has 0 saturated carbocycles. The smallest absolute Gasteiger partial charge is 0.265 e. The summed E-state index contributed by atoms with van der Waals surface area (Å²) in [5.41, 5.74) is 2.68. The lowest BCUT2D eigenvalue weighted by Gasteiger charge is -2.23. The maximum Gasteiger partial charge on any atom is 0.265 e. The van der Waals surface area contributed by atoms with E-state index in [0.717, 1.165) is 5.56 Å². The monoisotopic (exact) mass is 388 g/mol. The molecule has 3 aromatic rings. The van der Waals surface area contributed by atoms with Crippen molar-refractivity contribution in [2.75, 3.05) is 10.6 Å². The highest BCUT2D eigenvalue weighted by Crippen LogP contribution is 2.32. The number of carbonyl (C=O) groups excluding carboxylic acids is 2. The van der Waals surface area contributed by atoms with Crippen molar-refractivity contribution in [2.45, 2.75) is 19.6 Å². The molecule has 2 amide bonds. The fourth-order valence-corrected chi connectivity index (χ4v) is 2.93. The molecule has 0 radical (unpaired) electrons. The maximum atomic E-state index is 12.5. The number of rotatable bonds is 5. The van der Waals surface area contributed by atoms with Crippen molar-refractivity contribution in [2.24, 2.45) is 0 Å². The molecule has 6 heteroatoms. The van der Waals surface area contributed by atoms with Crippen LogP contribution >= 0.6 is 0 Å². The molecule has 0 bridgehead atoms. The number of amides is 2. The second kappa shape index (κ2) is 8.06. The molecule has 0 saturated heterocycles. The Balaban J connectivity index is 1.39. The van der Waals surface area contributed by atoms with E-state index < -0.39 is 6.10 Å². The van der Waals surface area contributed by atoms with E-state index in [1.165, 1.54) is 0 Å². The number of fused-ring (bicyclic) bond motifs is 1. The van der Waals surface area contributed by atoms with Crippen LogP contribution in [0.2, 0.25) is 0 Å². The van der Waals surface area contributed by atoms with Crippen LogP contribution < -0.4 is 20.1 Å². The van der Waals surface area contributed by atoms with E-state index in [-0.39, 0.29) is 11.8 Å². The summed E-state index contributed by atoms with van der Waals surface area (Å²) in [4.78, 5) is 24.3. The zero-order chi connectivity index (χ0) is 20.2. The second-order valence-electron chi connectivity index (χ2n) is 6.71. The Hall–Kier alpha value is -3.80. The minimum atomic E-state index is -0.537. The van der Waals surface area contributed by atoms with Crippen molar-refractivity contribution in [3.8, 4) is 11.5 Å². The van der Waals surface area contributed by atoms with Gasteiger partial charge in [-0.2, -0.15) is 0 Å². The highest BCUT2D eigenvalue weighted by atomic mass is 16.5. The van der Waals surface area contributed by atoms with Crippen molar-refractivity contribution in [1.29, 1.82) is 0 Å². The van der Waals surface area contributed by atoms with Crippen LogP contribution in [0.4, 0.5) is 11.4 Å². The lowest BCUT2D eigenvalue weighted by molar-refractivity contribution is -0.122. The van der Waals surface area contributed by atoms with E-state index in [2.05, 4.69) is 10.6 Å². The van der Waals surface area contributed by atoms with E-state index in [1.54, 1.807) is 49.4 Å². The average molecular weight is 388 g/mol. The molecule has 0 unspecified atom stereocenters. The Kier molecular flexibility index (Phi) is 5.16. The third-order valence-corrected chi connectivity index (χ3v) is 4.53. The van der Waals surface area contributed by atoms with Gasteiger partial charge >= 0.3 is 0 Å². The zero-order valence-electron chi connectivity index (χ0n) is 15.8. The average Bonchev–Trinajstić information content (AvgIpc) is 2.74. The lowest BCUT2D eigenvalue weighted by atomic mass is 10.1. The largest absolute Gasteiger partial charge is 0.489 e. The van der Waals surface area contributed by atoms with Crippen molar-refractivity contribution >= 4 is 23.2 Å². The predicted octanol–water partition coefficient (Wildman–Crippen LogP) is 4.24. The summed E-state index contributed by atoms with van der Waals surface area (Å²) < 4.78 is 11.3. The second-order valence-corrected chi connectivity index (χ2v) is 6.71. The number of nitrogens with one attached hydrogen (secondary N) is 2. The van der Waals surface area contributed by atoms with Crippen LogP contribution in [0.3, 0.4) is 0 Å². The molecule has 1 heterocycles. The van der Waals surface area contributed by atoms with Crippen LogP contribution in [0.1, 0.15) is 22.8 Å². The van der Waals surface area contributed by atoms with Gasteiger partial charge in [-0.25, -0.2) is 0 Å². The van der Waals surface area contributed by atoms with E-state index in [9.17, 15) is 9.59 Å². The first kappa shape index (κ1) is 18.6. The number of carbonyl (C=O) groups is 2. The maximum absolute atomic E-state index is 12.5. The van der Waals surface area contributed by atoms with Gasteiger partial charge in [0.2, 0.25) is 0 Å². The van der Waals surface area contributed by atoms with Crippen molar-refractivity contribution in [3.05, 3.63) is 83.9 Å². The molecule has 0 spiro atoms. The molecule has 4 rings (SSSR count). The molecule has 146 valence electrons. The molecule has 1 atom stereocenters. The Labute approximate surface area is 168 Å². The topological polar surface area (TPSA) is 76.7 Å². The zero-order valence-corrected chi connectivity index (χ0v) is 15.8. The molecular weight excluding hydrogens is 368 g/mol. The lowest BCUT2D eigenvalue weighted by Crippen LogP contribution is -2.34. The Morgan fingerprint density at radius 2 is 1.83 bits per heavy atom. The Bertz CT molecular complexity index is 1030. The number of benzene rings is 3. The van der Waals surface area contributed by atoms with Gasteiger partial charge in [0.05, 0.1) is 5.69 Å². The van der Waals surface area contributed by atoms with Gasteiger partial charge in [-0.15, -0.1) is 0 Å². The summed E-state index contributed by atoms with van der Waals surface area (Å²) >= 11 is 0. The summed E-state index contributed by atoms with van der Waals surface area (Å²) in [6.45, 7) is 2.15. The highest BCUT2D eigenvalue weighted by Gasteiger charge is 2.23. The number of hydrogen-bond donors (Lipinski definition) is 2.